The Morgan fingerprint density at radius 3 is 2.11 bits per heavy atom. The maximum atomic E-state index is 13.2. The fourth-order valence-corrected chi connectivity index (χ4v) is 4.32. The smallest absolute Gasteiger partial charge is 0.249 e. The number of benzene rings is 3. The lowest BCUT2D eigenvalue weighted by Crippen LogP contribution is -2.45. The molecule has 4 aromatic rings. The molecule has 0 fully saturated rings. The summed E-state index contributed by atoms with van der Waals surface area (Å²) in [6.45, 7) is 0. The Kier molecular flexibility index (Phi) is 7.84. The normalized spacial score (nSPS) is 11.5. The monoisotopic (exact) mass is 485 g/mol. The molecule has 0 aliphatic heterocycles. The van der Waals surface area contributed by atoms with Crippen LogP contribution in [-0.2, 0) is 22.4 Å². The zero-order valence-corrected chi connectivity index (χ0v) is 20.5. The molecule has 178 valence electrons. The highest BCUT2D eigenvalue weighted by molar-refractivity contribution is 7.18. The number of anilines is 2. The number of hydrogen-bond donors (Lipinski definition) is 2. The fourth-order valence-electron chi connectivity index (χ4n) is 3.57. The van der Waals surface area contributed by atoms with Crippen molar-refractivity contribution in [2.24, 2.45) is 0 Å². The summed E-state index contributed by atoms with van der Waals surface area (Å²) in [7, 11) is 3.97. The highest BCUT2D eigenvalue weighted by Gasteiger charge is 2.23. The van der Waals surface area contributed by atoms with Crippen LogP contribution in [0.4, 0.5) is 10.8 Å². The summed E-state index contributed by atoms with van der Waals surface area (Å²) in [6.07, 6.45) is 0.566. The Balaban J connectivity index is 1.46. The van der Waals surface area contributed by atoms with E-state index in [1.807, 2.05) is 104 Å². The van der Waals surface area contributed by atoms with Crippen molar-refractivity contribution >= 4 is 34.0 Å². The van der Waals surface area contributed by atoms with Crippen molar-refractivity contribution in [3.8, 4) is 10.6 Å². The number of aromatic nitrogens is 2. The number of carbonyl (C=O) groups excluding carboxylic acids is 2. The Bertz CT molecular complexity index is 1260. The van der Waals surface area contributed by atoms with Crippen LogP contribution in [0.2, 0.25) is 0 Å². The summed E-state index contributed by atoms with van der Waals surface area (Å²) in [4.78, 5) is 27.9. The van der Waals surface area contributed by atoms with E-state index in [9.17, 15) is 9.59 Å². The van der Waals surface area contributed by atoms with Gasteiger partial charge in [-0.25, -0.2) is 0 Å². The van der Waals surface area contributed by atoms with Crippen LogP contribution >= 0.6 is 11.3 Å². The number of nitrogens with zero attached hydrogens (tertiary/aromatic N) is 3. The van der Waals surface area contributed by atoms with Gasteiger partial charge in [0.1, 0.15) is 11.0 Å². The number of amides is 2. The molecule has 35 heavy (non-hydrogen) atoms. The van der Waals surface area contributed by atoms with Crippen molar-refractivity contribution < 1.29 is 9.59 Å². The van der Waals surface area contributed by atoms with E-state index in [4.69, 9.17) is 0 Å². The van der Waals surface area contributed by atoms with Crippen LogP contribution in [0.15, 0.2) is 84.9 Å². The minimum Gasteiger partial charge on any atom is -0.378 e. The number of hydrogen-bond acceptors (Lipinski definition) is 6. The van der Waals surface area contributed by atoms with Crippen molar-refractivity contribution in [1.29, 1.82) is 0 Å². The first-order valence-corrected chi connectivity index (χ1v) is 12.1. The highest BCUT2D eigenvalue weighted by atomic mass is 32.1. The van der Waals surface area contributed by atoms with Crippen molar-refractivity contribution in [2.45, 2.75) is 18.9 Å². The van der Waals surface area contributed by atoms with Crippen molar-refractivity contribution in [3.05, 3.63) is 96.1 Å². The van der Waals surface area contributed by atoms with Gasteiger partial charge >= 0.3 is 0 Å². The van der Waals surface area contributed by atoms with Crippen molar-refractivity contribution in [1.82, 2.24) is 15.5 Å². The third kappa shape index (κ3) is 6.74. The van der Waals surface area contributed by atoms with Crippen LogP contribution in [0.25, 0.3) is 10.6 Å². The first-order chi connectivity index (χ1) is 17.0. The van der Waals surface area contributed by atoms with Gasteiger partial charge in [0, 0.05) is 31.8 Å². The molecule has 4 rings (SSSR count). The topological polar surface area (TPSA) is 87.2 Å². The Labute approximate surface area is 208 Å². The molecule has 3 aromatic carbocycles. The summed E-state index contributed by atoms with van der Waals surface area (Å²) in [6, 6.07) is 26.3. The predicted molar refractivity (Wildman–Crippen MR) is 141 cm³/mol. The summed E-state index contributed by atoms with van der Waals surface area (Å²) in [5.74, 6) is -0.549. The largest absolute Gasteiger partial charge is 0.378 e. The van der Waals surface area contributed by atoms with E-state index in [2.05, 4.69) is 20.8 Å². The second-order valence-electron chi connectivity index (χ2n) is 8.32. The van der Waals surface area contributed by atoms with Crippen LogP contribution in [0.1, 0.15) is 11.1 Å². The average molecular weight is 486 g/mol. The zero-order chi connectivity index (χ0) is 24.6. The summed E-state index contributed by atoms with van der Waals surface area (Å²) in [5.41, 5.74) is 3.84. The molecule has 1 aromatic heterocycles. The van der Waals surface area contributed by atoms with E-state index in [1.165, 1.54) is 11.3 Å². The molecule has 0 radical (unpaired) electrons. The molecule has 1 unspecified atom stereocenters. The molecule has 2 amide bonds. The van der Waals surface area contributed by atoms with Gasteiger partial charge < -0.3 is 10.2 Å². The minimum atomic E-state index is -0.750. The molecule has 0 spiro atoms. The molecule has 1 heterocycles. The van der Waals surface area contributed by atoms with E-state index in [0.29, 0.717) is 16.6 Å². The van der Waals surface area contributed by atoms with Gasteiger partial charge in [-0.3, -0.25) is 14.9 Å². The molecule has 0 saturated heterocycles. The van der Waals surface area contributed by atoms with Gasteiger partial charge in [0.15, 0.2) is 0 Å². The second kappa shape index (κ2) is 11.4. The van der Waals surface area contributed by atoms with Gasteiger partial charge in [0.2, 0.25) is 16.9 Å². The van der Waals surface area contributed by atoms with Gasteiger partial charge in [-0.1, -0.05) is 72.0 Å². The molecule has 0 aliphatic carbocycles. The van der Waals surface area contributed by atoms with Crippen LogP contribution in [-0.4, -0.2) is 42.1 Å². The third-order valence-electron chi connectivity index (χ3n) is 5.43. The summed E-state index contributed by atoms with van der Waals surface area (Å²) in [5, 5.41) is 15.2. The lowest BCUT2D eigenvalue weighted by Gasteiger charge is -2.18. The van der Waals surface area contributed by atoms with Gasteiger partial charge in [0.05, 0.1) is 6.42 Å². The Morgan fingerprint density at radius 2 is 1.49 bits per heavy atom. The average Bonchev–Trinajstić information content (AvgIpc) is 3.33. The van der Waals surface area contributed by atoms with E-state index in [-0.39, 0.29) is 18.2 Å². The third-order valence-corrected chi connectivity index (χ3v) is 6.32. The molecule has 0 aliphatic rings. The van der Waals surface area contributed by atoms with E-state index >= 15 is 0 Å². The second-order valence-corrected chi connectivity index (χ2v) is 9.29. The maximum Gasteiger partial charge on any atom is 0.249 e. The Morgan fingerprint density at radius 1 is 0.857 bits per heavy atom. The van der Waals surface area contributed by atoms with Crippen LogP contribution < -0.4 is 15.5 Å². The lowest BCUT2D eigenvalue weighted by atomic mass is 10.0. The van der Waals surface area contributed by atoms with Crippen LogP contribution in [0.5, 0.6) is 0 Å². The fraction of sp³-hybridized carbons (Fsp3) is 0.185. The van der Waals surface area contributed by atoms with Gasteiger partial charge in [-0.15, -0.1) is 10.2 Å². The quantitative estimate of drug-likeness (QED) is 0.371. The maximum absolute atomic E-state index is 13.2. The molecule has 2 N–H and O–H groups in total. The molecular weight excluding hydrogens is 458 g/mol. The summed E-state index contributed by atoms with van der Waals surface area (Å²) < 4.78 is 0. The molecule has 0 bridgehead atoms. The van der Waals surface area contributed by atoms with E-state index in [1.54, 1.807) is 0 Å². The highest BCUT2D eigenvalue weighted by Crippen LogP contribution is 2.28. The van der Waals surface area contributed by atoms with Gasteiger partial charge in [0.25, 0.3) is 0 Å². The van der Waals surface area contributed by atoms with Crippen LogP contribution in [0.3, 0.4) is 0 Å². The first-order valence-electron chi connectivity index (χ1n) is 11.3. The van der Waals surface area contributed by atoms with Crippen molar-refractivity contribution in [3.63, 3.8) is 0 Å². The number of rotatable bonds is 9. The van der Waals surface area contributed by atoms with Gasteiger partial charge in [-0.05, 0) is 35.4 Å². The molecular formula is C27H27N5O2S. The molecule has 8 heteroatoms. The number of nitrogens with one attached hydrogen (secondary N) is 2. The molecule has 0 saturated carbocycles. The first kappa shape index (κ1) is 24.1. The van der Waals surface area contributed by atoms with E-state index in [0.717, 1.165) is 22.4 Å². The lowest BCUT2D eigenvalue weighted by molar-refractivity contribution is -0.126. The predicted octanol–water partition coefficient (Wildman–Crippen LogP) is 4.18. The SMILES string of the molecule is CN(C)c1ccc(-c2nnc(NC(=O)C(Cc3ccccc3)NC(=O)Cc3ccccc3)s2)cc1. The minimum absolute atomic E-state index is 0.200. The zero-order valence-electron chi connectivity index (χ0n) is 19.6. The molecule has 7 nitrogen and oxygen atoms in total. The van der Waals surface area contributed by atoms with E-state index < -0.39 is 6.04 Å². The van der Waals surface area contributed by atoms with Crippen molar-refractivity contribution in [2.75, 3.05) is 24.3 Å². The standard InChI is InChI=1S/C27H27N5O2S/c1-32(2)22-15-13-21(14-16-22)26-30-31-27(35-26)29-25(34)23(17-19-9-5-3-6-10-19)28-24(33)18-20-11-7-4-8-12-20/h3-16,23H,17-18H2,1-2H3,(H,28,33)(H,29,31,34). The van der Waals surface area contributed by atoms with Gasteiger partial charge in [-0.2, -0.15) is 0 Å². The summed E-state index contributed by atoms with van der Waals surface area (Å²) >= 11 is 1.29. The molecule has 1 atom stereocenters. The number of carbonyl (C=O) groups is 2. The Hall–Kier alpha value is -4.04. The van der Waals surface area contributed by atoms with Crippen LogP contribution in [0, 0.1) is 0 Å².